The molecule has 1 aliphatic carbocycles. The zero-order chi connectivity index (χ0) is 13.9. The van der Waals surface area contributed by atoms with Crippen molar-refractivity contribution >= 4 is 11.9 Å². The van der Waals surface area contributed by atoms with Crippen molar-refractivity contribution in [2.75, 3.05) is 7.11 Å². The topological polar surface area (TPSA) is 63.6 Å². The Balaban J connectivity index is 2.13. The predicted octanol–water partition coefficient (Wildman–Crippen LogP) is 2.59. The van der Waals surface area contributed by atoms with Crippen molar-refractivity contribution in [3.63, 3.8) is 0 Å². The van der Waals surface area contributed by atoms with Crippen LogP contribution < -0.4 is 0 Å². The number of ether oxygens (including phenoxy) is 1. The molecule has 0 aromatic heterocycles. The van der Waals surface area contributed by atoms with Crippen LogP contribution in [0.15, 0.2) is 30.3 Å². The number of esters is 1. The monoisotopic (exact) mass is 262 g/mol. The number of hydrogen-bond donors (Lipinski definition) is 1. The van der Waals surface area contributed by atoms with Gasteiger partial charge in [0.1, 0.15) is 0 Å². The van der Waals surface area contributed by atoms with Crippen LogP contribution in [0.1, 0.15) is 37.2 Å². The van der Waals surface area contributed by atoms with E-state index in [0.29, 0.717) is 31.6 Å². The van der Waals surface area contributed by atoms with Crippen LogP contribution in [0.3, 0.4) is 0 Å². The van der Waals surface area contributed by atoms with E-state index in [-0.39, 0.29) is 0 Å². The van der Waals surface area contributed by atoms with Crippen LogP contribution in [0.25, 0.3) is 0 Å². The predicted molar refractivity (Wildman–Crippen MR) is 69.7 cm³/mol. The summed E-state index contributed by atoms with van der Waals surface area (Å²) < 4.78 is 4.68. The van der Waals surface area contributed by atoms with Crippen LogP contribution in [0.5, 0.6) is 0 Å². The van der Waals surface area contributed by atoms with Crippen molar-refractivity contribution in [2.45, 2.75) is 31.6 Å². The Morgan fingerprint density at radius 2 is 1.79 bits per heavy atom. The van der Waals surface area contributed by atoms with Crippen molar-refractivity contribution in [3.8, 4) is 0 Å². The molecule has 0 spiro atoms. The third-order valence-corrected chi connectivity index (χ3v) is 4.10. The van der Waals surface area contributed by atoms with Crippen LogP contribution in [0.2, 0.25) is 0 Å². The summed E-state index contributed by atoms with van der Waals surface area (Å²) in [5, 5.41) is 9.35. The van der Waals surface area contributed by atoms with Gasteiger partial charge in [0.25, 0.3) is 0 Å². The SMILES string of the molecule is COC(=O)C1(C(=O)O)CCC(c2ccccc2)CC1. The van der Waals surface area contributed by atoms with Crippen LogP contribution >= 0.6 is 0 Å². The third-order valence-electron chi connectivity index (χ3n) is 4.10. The number of carboxylic acids is 1. The van der Waals surface area contributed by atoms with Gasteiger partial charge in [0.15, 0.2) is 5.41 Å². The molecule has 0 aliphatic heterocycles. The van der Waals surface area contributed by atoms with Crippen molar-refractivity contribution in [3.05, 3.63) is 35.9 Å². The normalized spacial score (nSPS) is 26.7. The second-order valence-electron chi connectivity index (χ2n) is 5.06. The van der Waals surface area contributed by atoms with Gasteiger partial charge in [0.05, 0.1) is 7.11 Å². The first-order chi connectivity index (χ1) is 9.10. The van der Waals surface area contributed by atoms with Gasteiger partial charge in [-0.25, -0.2) is 0 Å². The Labute approximate surface area is 112 Å². The van der Waals surface area contributed by atoms with E-state index in [1.807, 2.05) is 18.2 Å². The molecule has 2 rings (SSSR count). The molecule has 0 heterocycles. The van der Waals surface area contributed by atoms with Crippen molar-refractivity contribution in [1.82, 2.24) is 0 Å². The molecule has 4 nitrogen and oxygen atoms in total. The van der Waals surface area contributed by atoms with Gasteiger partial charge in [-0.2, -0.15) is 0 Å². The fourth-order valence-corrected chi connectivity index (χ4v) is 2.87. The number of carboxylic acid groups (broad SMARTS) is 1. The highest BCUT2D eigenvalue weighted by atomic mass is 16.5. The zero-order valence-electron chi connectivity index (χ0n) is 11.0. The van der Waals surface area contributed by atoms with E-state index in [0.717, 1.165) is 0 Å². The molecule has 1 aromatic carbocycles. The summed E-state index contributed by atoms with van der Waals surface area (Å²) in [6.45, 7) is 0. The molecule has 1 aliphatic rings. The first-order valence-corrected chi connectivity index (χ1v) is 6.47. The Morgan fingerprint density at radius 3 is 2.26 bits per heavy atom. The van der Waals surface area contributed by atoms with E-state index in [4.69, 9.17) is 0 Å². The minimum absolute atomic E-state index is 0.332. The largest absolute Gasteiger partial charge is 0.480 e. The fraction of sp³-hybridized carbons (Fsp3) is 0.467. The van der Waals surface area contributed by atoms with Crippen molar-refractivity contribution in [2.24, 2.45) is 5.41 Å². The molecule has 0 unspecified atom stereocenters. The average molecular weight is 262 g/mol. The van der Waals surface area contributed by atoms with Gasteiger partial charge in [-0.05, 0) is 37.2 Å². The first-order valence-electron chi connectivity index (χ1n) is 6.47. The molecule has 0 radical (unpaired) electrons. The minimum atomic E-state index is -1.35. The number of methoxy groups -OCH3 is 1. The van der Waals surface area contributed by atoms with Gasteiger partial charge >= 0.3 is 11.9 Å². The van der Waals surface area contributed by atoms with Gasteiger partial charge in [-0.1, -0.05) is 30.3 Å². The highest BCUT2D eigenvalue weighted by molar-refractivity contribution is 5.99. The van der Waals surface area contributed by atoms with E-state index in [9.17, 15) is 14.7 Å². The lowest BCUT2D eigenvalue weighted by atomic mass is 9.69. The second kappa shape index (κ2) is 5.43. The average Bonchev–Trinajstić information content (AvgIpc) is 2.47. The standard InChI is InChI=1S/C15H18O4/c1-19-14(18)15(13(16)17)9-7-12(8-10-15)11-5-3-2-4-6-11/h2-6,12H,7-10H2,1H3,(H,16,17). The Hall–Kier alpha value is -1.84. The highest BCUT2D eigenvalue weighted by Crippen LogP contribution is 2.44. The van der Waals surface area contributed by atoms with E-state index < -0.39 is 17.4 Å². The molecule has 0 bridgehead atoms. The van der Waals surface area contributed by atoms with Crippen molar-refractivity contribution in [1.29, 1.82) is 0 Å². The number of rotatable bonds is 3. The molecular weight excluding hydrogens is 244 g/mol. The zero-order valence-corrected chi connectivity index (χ0v) is 11.0. The summed E-state index contributed by atoms with van der Waals surface area (Å²) >= 11 is 0. The lowest BCUT2D eigenvalue weighted by Crippen LogP contribution is -2.43. The van der Waals surface area contributed by atoms with Gasteiger partial charge in [0.2, 0.25) is 0 Å². The summed E-state index contributed by atoms with van der Waals surface area (Å²) in [6, 6.07) is 10.0. The van der Waals surface area contributed by atoms with Crippen molar-refractivity contribution < 1.29 is 19.4 Å². The number of hydrogen-bond acceptors (Lipinski definition) is 3. The summed E-state index contributed by atoms with van der Waals surface area (Å²) in [6.07, 6.45) is 2.08. The second-order valence-corrected chi connectivity index (χ2v) is 5.06. The van der Waals surface area contributed by atoms with Gasteiger partial charge in [-0.15, -0.1) is 0 Å². The van der Waals surface area contributed by atoms with Crippen LogP contribution in [-0.2, 0) is 14.3 Å². The van der Waals surface area contributed by atoms with Crippen LogP contribution in [0, 0.1) is 5.41 Å². The lowest BCUT2D eigenvalue weighted by Gasteiger charge is -2.34. The summed E-state index contributed by atoms with van der Waals surface area (Å²) in [5.41, 5.74) is -0.133. The molecule has 1 fully saturated rings. The third kappa shape index (κ3) is 2.48. The quantitative estimate of drug-likeness (QED) is 0.671. The molecule has 0 saturated heterocycles. The molecule has 19 heavy (non-hydrogen) atoms. The fourth-order valence-electron chi connectivity index (χ4n) is 2.87. The lowest BCUT2D eigenvalue weighted by molar-refractivity contribution is -0.169. The van der Waals surface area contributed by atoms with Crippen LogP contribution in [0.4, 0.5) is 0 Å². The number of benzene rings is 1. The molecule has 1 aromatic rings. The molecule has 1 N–H and O–H groups in total. The minimum Gasteiger partial charge on any atom is -0.480 e. The summed E-state index contributed by atoms with van der Waals surface area (Å²) in [7, 11) is 1.25. The maximum Gasteiger partial charge on any atom is 0.323 e. The number of carbonyl (C=O) groups excluding carboxylic acids is 1. The van der Waals surface area contributed by atoms with Gasteiger partial charge < -0.3 is 9.84 Å². The van der Waals surface area contributed by atoms with E-state index in [1.54, 1.807) is 0 Å². The first kappa shape index (κ1) is 13.6. The highest BCUT2D eigenvalue weighted by Gasteiger charge is 2.49. The van der Waals surface area contributed by atoms with Crippen LogP contribution in [-0.4, -0.2) is 24.2 Å². The van der Waals surface area contributed by atoms with E-state index in [2.05, 4.69) is 16.9 Å². The molecule has 0 amide bonds. The Bertz CT molecular complexity index is 458. The Kier molecular flexibility index (Phi) is 3.88. The van der Waals surface area contributed by atoms with E-state index in [1.165, 1.54) is 12.7 Å². The number of aliphatic carboxylic acids is 1. The van der Waals surface area contributed by atoms with Gasteiger partial charge in [-0.3, -0.25) is 9.59 Å². The molecule has 4 heteroatoms. The molecule has 0 atom stereocenters. The number of carbonyl (C=O) groups is 2. The van der Waals surface area contributed by atoms with Gasteiger partial charge in [0, 0.05) is 0 Å². The molecular formula is C15H18O4. The Morgan fingerprint density at radius 1 is 1.21 bits per heavy atom. The maximum atomic E-state index is 11.8. The smallest absolute Gasteiger partial charge is 0.323 e. The molecule has 1 saturated carbocycles. The summed E-state index contributed by atoms with van der Waals surface area (Å²) in [5.74, 6) is -1.35. The maximum absolute atomic E-state index is 11.8. The molecule has 102 valence electrons. The summed E-state index contributed by atoms with van der Waals surface area (Å²) in [4.78, 5) is 23.2. The van der Waals surface area contributed by atoms with E-state index >= 15 is 0 Å².